The Morgan fingerprint density at radius 3 is 2.24 bits per heavy atom. The minimum atomic E-state index is 0.147. The van der Waals surface area contributed by atoms with Crippen molar-refractivity contribution in [3.05, 3.63) is 30.1 Å². The van der Waals surface area contributed by atoms with E-state index in [2.05, 4.69) is 61.8 Å². The Bertz CT molecular complexity index is 378. The molecular formula is C17H32N4. The standard InChI is InChI=1S/C17H32N4/c1-6-16(18)17(15-7-9-19-10-8-15)21(13-14(2)3)12-11-20(4)5/h7-10,14,16-17H,6,11-13,18H2,1-5H3. The van der Waals surface area contributed by atoms with Crippen LogP contribution in [0.3, 0.4) is 0 Å². The maximum atomic E-state index is 6.46. The molecule has 0 aliphatic heterocycles. The second kappa shape index (κ2) is 9.13. The molecule has 2 N–H and O–H groups in total. The average Bonchev–Trinajstić information content (AvgIpc) is 2.45. The van der Waals surface area contributed by atoms with Gasteiger partial charge in [0, 0.05) is 38.1 Å². The van der Waals surface area contributed by atoms with Gasteiger partial charge in [-0.25, -0.2) is 0 Å². The van der Waals surface area contributed by atoms with Gasteiger partial charge in [0.1, 0.15) is 0 Å². The van der Waals surface area contributed by atoms with Gasteiger partial charge in [-0.1, -0.05) is 20.8 Å². The third-order valence-corrected chi connectivity index (χ3v) is 3.75. The molecule has 1 heterocycles. The van der Waals surface area contributed by atoms with Crippen molar-refractivity contribution < 1.29 is 0 Å². The van der Waals surface area contributed by atoms with Crippen molar-refractivity contribution in [3.8, 4) is 0 Å². The summed E-state index contributed by atoms with van der Waals surface area (Å²) >= 11 is 0. The van der Waals surface area contributed by atoms with Crippen LogP contribution in [0.25, 0.3) is 0 Å². The van der Waals surface area contributed by atoms with Crippen molar-refractivity contribution in [2.24, 2.45) is 11.7 Å². The second-order valence-corrected chi connectivity index (χ2v) is 6.49. The van der Waals surface area contributed by atoms with Crippen LogP contribution in [-0.4, -0.2) is 54.6 Å². The molecule has 0 aliphatic carbocycles. The number of nitrogens with two attached hydrogens (primary N) is 1. The van der Waals surface area contributed by atoms with Gasteiger partial charge in [-0.15, -0.1) is 0 Å². The highest BCUT2D eigenvalue weighted by molar-refractivity contribution is 5.17. The van der Waals surface area contributed by atoms with E-state index in [1.165, 1.54) is 5.56 Å². The first-order valence-electron chi connectivity index (χ1n) is 8.00. The molecule has 0 fully saturated rings. The highest BCUT2D eigenvalue weighted by Crippen LogP contribution is 2.25. The van der Waals surface area contributed by atoms with E-state index < -0.39 is 0 Å². The molecule has 1 aromatic rings. The molecule has 0 aromatic carbocycles. The molecule has 4 nitrogen and oxygen atoms in total. The maximum Gasteiger partial charge on any atom is 0.0500 e. The van der Waals surface area contributed by atoms with Crippen LogP contribution >= 0.6 is 0 Å². The van der Waals surface area contributed by atoms with Crippen LogP contribution in [0.2, 0.25) is 0 Å². The van der Waals surface area contributed by atoms with E-state index in [0.717, 1.165) is 26.1 Å². The molecule has 0 spiro atoms. The van der Waals surface area contributed by atoms with Crippen molar-refractivity contribution >= 4 is 0 Å². The lowest BCUT2D eigenvalue weighted by Crippen LogP contribution is -2.45. The summed E-state index contributed by atoms with van der Waals surface area (Å²) in [5.41, 5.74) is 7.73. The second-order valence-electron chi connectivity index (χ2n) is 6.49. The number of aromatic nitrogens is 1. The monoisotopic (exact) mass is 292 g/mol. The van der Waals surface area contributed by atoms with Gasteiger partial charge in [-0.3, -0.25) is 9.88 Å². The van der Waals surface area contributed by atoms with Gasteiger partial charge in [0.25, 0.3) is 0 Å². The Labute approximate surface area is 130 Å². The van der Waals surface area contributed by atoms with E-state index in [1.807, 2.05) is 12.4 Å². The van der Waals surface area contributed by atoms with Crippen LogP contribution in [0.15, 0.2) is 24.5 Å². The van der Waals surface area contributed by atoms with Gasteiger partial charge in [-0.05, 0) is 44.1 Å². The molecular weight excluding hydrogens is 260 g/mol. The van der Waals surface area contributed by atoms with E-state index in [4.69, 9.17) is 5.73 Å². The van der Waals surface area contributed by atoms with Crippen molar-refractivity contribution in [1.82, 2.24) is 14.8 Å². The largest absolute Gasteiger partial charge is 0.326 e. The van der Waals surface area contributed by atoms with E-state index in [1.54, 1.807) is 0 Å². The molecule has 0 saturated heterocycles. The summed E-state index contributed by atoms with van der Waals surface area (Å²) < 4.78 is 0. The zero-order valence-corrected chi connectivity index (χ0v) is 14.3. The average molecular weight is 292 g/mol. The Morgan fingerprint density at radius 2 is 1.76 bits per heavy atom. The summed E-state index contributed by atoms with van der Waals surface area (Å²) in [4.78, 5) is 8.91. The lowest BCUT2D eigenvalue weighted by atomic mass is 9.96. The lowest BCUT2D eigenvalue weighted by molar-refractivity contribution is 0.138. The third-order valence-electron chi connectivity index (χ3n) is 3.75. The minimum absolute atomic E-state index is 0.147. The van der Waals surface area contributed by atoms with E-state index in [-0.39, 0.29) is 12.1 Å². The predicted octanol–water partition coefficient (Wildman–Crippen LogP) is 2.38. The van der Waals surface area contributed by atoms with Crippen LogP contribution in [0, 0.1) is 5.92 Å². The highest BCUT2D eigenvalue weighted by Gasteiger charge is 2.26. The summed E-state index contributed by atoms with van der Waals surface area (Å²) in [5.74, 6) is 0.626. The molecule has 2 atom stereocenters. The molecule has 0 amide bonds. The summed E-state index contributed by atoms with van der Waals surface area (Å²) in [6.45, 7) is 9.84. The van der Waals surface area contributed by atoms with Crippen molar-refractivity contribution in [2.75, 3.05) is 33.7 Å². The zero-order chi connectivity index (χ0) is 15.8. The fraction of sp³-hybridized carbons (Fsp3) is 0.706. The van der Waals surface area contributed by atoms with Gasteiger partial charge < -0.3 is 10.6 Å². The molecule has 21 heavy (non-hydrogen) atoms. The molecule has 120 valence electrons. The topological polar surface area (TPSA) is 45.4 Å². The lowest BCUT2D eigenvalue weighted by Gasteiger charge is -2.37. The van der Waals surface area contributed by atoms with Gasteiger partial charge >= 0.3 is 0 Å². The number of hydrogen-bond acceptors (Lipinski definition) is 4. The first kappa shape index (κ1) is 18.1. The fourth-order valence-corrected chi connectivity index (χ4v) is 2.65. The molecule has 4 heteroatoms. The van der Waals surface area contributed by atoms with Crippen LogP contribution in [0.5, 0.6) is 0 Å². The van der Waals surface area contributed by atoms with E-state index in [9.17, 15) is 0 Å². The first-order valence-corrected chi connectivity index (χ1v) is 8.00. The Hall–Kier alpha value is -0.970. The molecule has 0 aliphatic rings. The number of rotatable bonds is 9. The first-order chi connectivity index (χ1) is 9.95. The van der Waals surface area contributed by atoms with Gasteiger partial charge in [0.05, 0.1) is 6.04 Å². The molecule has 0 saturated carbocycles. The van der Waals surface area contributed by atoms with Crippen LogP contribution < -0.4 is 5.73 Å². The Kier molecular flexibility index (Phi) is 7.86. The number of pyridine rings is 1. The molecule has 0 bridgehead atoms. The summed E-state index contributed by atoms with van der Waals surface area (Å²) in [6.07, 6.45) is 4.71. The van der Waals surface area contributed by atoms with Gasteiger partial charge in [0.15, 0.2) is 0 Å². The number of nitrogens with zero attached hydrogens (tertiary/aromatic N) is 3. The summed E-state index contributed by atoms with van der Waals surface area (Å²) in [7, 11) is 4.24. The zero-order valence-electron chi connectivity index (χ0n) is 14.3. The van der Waals surface area contributed by atoms with Gasteiger partial charge in [-0.2, -0.15) is 0 Å². The number of hydrogen-bond donors (Lipinski definition) is 1. The van der Waals surface area contributed by atoms with Crippen LogP contribution in [-0.2, 0) is 0 Å². The summed E-state index contributed by atoms with van der Waals surface area (Å²) in [6, 6.07) is 4.61. The predicted molar refractivity (Wildman–Crippen MR) is 90.2 cm³/mol. The van der Waals surface area contributed by atoms with Crippen molar-refractivity contribution in [3.63, 3.8) is 0 Å². The highest BCUT2D eigenvalue weighted by atomic mass is 15.2. The van der Waals surface area contributed by atoms with Gasteiger partial charge in [0.2, 0.25) is 0 Å². The fourth-order valence-electron chi connectivity index (χ4n) is 2.65. The Balaban J connectivity index is 2.98. The minimum Gasteiger partial charge on any atom is -0.326 e. The van der Waals surface area contributed by atoms with E-state index >= 15 is 0 Å². The van der Waals surface area contributed by atoms with Crippen LogP contribution in [0.1, 0.15) is 38.8 Å². The van der Waals surface area contributed by atoms with Crippen molar-refractivity contribution in [1.29, 1.82) is 0 Å². The van der Waals surface area contributed by atoms with Crippen molar-refractivity contribution in [2.45, 2.75) is 39.3 Å². The Morgan fingerprint density at radius 1 is 1.14 bits per heavy atom. The van der Waals surface area contributed by atoms with Crippen LogP contribution in [0.4, 0.5) is 0 Å². The molecule has 0 radical (unpaired) electrons. The quantitative estimate of drug-likeness (QED) is 0.759. The molecule has 1 rings (SSSR count). The smallest absolute Gasteiger partial charge is 0.0500 e. The molecule has 1 aromatic heterocycles. The molecule has 2 unspecified atom stereocenters. The number of likely N-dealkylation sites (N-methyl/N-ethyl adjacent to an activating group) is 1. The maximum absolute atomic E-state index is 6.46. The SMILES string of the molecule is CCC(N)C(c1ccncc1)N(CCN(C)C)CC(C)C. The summed E-state index contributed by atoms with van der Waals surface area (Å²) in [5, 5.41) is 0. The van der Waals surface area contributed by atoms with E-state index in [0.29, 0.717) is 5.92 Å². The third kappa shape index (κ3) is 6.12. The normalized spacial score (nSPS) is 14.9.